The van der Waals surface area contributed by atoms with E-state index in [-0.39, 0.29) is 24.5 Å². The first-order valence-corrected chi connectivity index (χ1v) is 8.91. The quantitative estimate of drug-likeness (QED) is 0.722. The molecular formula is C20H32N2O3. The molecule has 0 heterocycles. The monoisotopic (exact) mass is 348 g/mol. The van der Waals surface area contributed by atoms with Crippen LogP contribution in [0.2, 0.25) is 0 Å². The van der Waals surface area contributed by atoms with E-state index in [1.165, 1.54) is 10.5 Å². The normalized spacial score (nSPS) is 10.9. The van der Waals surface area contributed by atoms with Gasteiger partial charge in [0.05, 0.1) is 0 Å². The fourth-order valence-electron chi connectivity index (χ4n) is 2.44. The molecule has 0 spiro atoms. The van der Waals surface area contributed by atoms with Gasteiger partial charge < -0.3 is 14.5 Å². The van der Waals surface area contributed by atoms with Gasteiger partial charge in [0.15, 0.2) is 0 Å². The van der Waals surface area contributed by atoms with Crippen molar-refractivity contribution >= 4 is 12.0 Å². The molecule has 0 aromatic heterocycles. The van der Waals surface area contributed by atoms with Gasteiger partial charge in [-0.3, -0.25) is 4.79 Å². The molecule has 0 unspecified atom stereocenters. The molecule has 5 heteroatoms. The molecule has 1 rings (SSSR count). The van der Waals surface area contributed by atoms with Crippen molar-refractivity contribution in [2.24, 2.45) is 11.8 Å². The molecule has 0 atom stereocenters. The number of hydrogen-bond acceptors (Lipinski definition) is 3. The Kier molecular flexibility index (Phi) is 8.46. The van der Waals surface area contributed by atoms with Crippen molar-refractivity contribution in [2.45, 2.75) is 40.7 Å². The third-order valence-corrected chi connectivity index (χ3v) is 3.98. The number of hydrogen-bond donors (Lipinski definition) is 0. The Labute approximate surface area is 151 Å². The Bertz CT molecular complexity index is 553. The molecule has 5 nitrogen and oxygen atoms in total. The summed E-state index contributed by atoms with van der Waals surface area (Å²) in [4.78, 5) is 27.0. The van der Waals surface area contributed by atoms with Crippen molar-refractivity contribution in [2.75, 3.05) is 27.2 Å². The van der Waals surface area contributed by atoms with Crippen molar-refractivity contribution in [1.82, 2.24) is 9.80 Å². The maximum atomic E-state index is 12.0. The van der Waals surface area contributed by atoms with Crippen molar-refractivity contribution in [3.05, 3.63) is 35.4 Å². The minimum atomic E-state index is -0.378. The van der Waals surface area contributed by atoms with E-state index in [0.29, 0.717) is 19.0 Å². The predicted octanol–water partition coefficient (Wildman–Crippen LogP) is 3.57. The standard InChI is InChI=1S/C20H32N2O3/c1-15(2)13-17-7-9-18(10-8-17)14-25-20(24)22(6)12-11-21(5)19(23)16(3)4/h7-10,15-16H,11-14H2,1-6H3. The summed E-state index contributed by atoms with van der Waals surface area (Å²) in [6.45, 7) is 9.31. The molecule has 2 amide bonds. The number of ether oxygens (including phenoxy) is 1. The van der Waals surface area contributed by atoms with E-state index in [9.17, 15) is 9.59 Å². The zero-order valence-electron chi connectivity index (χ0n) is 16.4. The molecule has 0 aliphatic carbocycles. The summed E-state index contributed by atoms with van der Waals surface area (Å²) < 4.78 is 5.33. The van der Waals surface area contributed by atoms with Gasteiger partial charge in [-0.05, 0) is 23.5 Å². The first-order chi connectivity index (χ1) is 11.7. The van der Waals surface area contributed by atoms with Gasteiger partial charge in [-0.15, -0.1) is 0 Å². The van der Waals surface area contributed by atoms with E-state index in [1.807, 2.05) is 26.0 Å². The highest BCUT2D eigenvalue weighted by atomic mass is 16.6. The molecule has 0 radical (unpaired) electrons. The molecule has 0 bridgehead atoms. The highest BCUT2D eigenvalue weighted by Crippen LogP contribution is 2.11. The predicted molar refractivity (Wildman–Crippen MR) is 100 cm³/mol. The molecule has 0 saturated carbocycles. The molecule has 1 aromatic rings. The van der Waals surface area contributed by atoms with Crippen molar-refractivity contribution in [3.8, 4) is 0 Å². The summed E-state index contributed by atoms with van der Waals surface area (Å²) in [5, 5.41) is 0. The molecule has 140 valence electrons. The first-order valence-electron chi connectivity index (χ1n) is 8.91. The van der Waals surface area contributed by atoms with Crippen LogP contribution in [0, 0.1) is 11.8 Å². The van der Waals surface area contributed by atoms with E-state index in [0.717, 1.165) is 12.0 Å². The number of rotatable bonds is 8. The Balaban J connectivity index is 2.39. The smallest absolute Gasteiger partial charge is 0.409 e. The third-order valence-electron chi connectivity index (χ3n) is 3.98. The van der Waals surface area contributed by atoms with Gasteiger partial charge in [0.25, 0.3) is 0 Å². The molecule has 0 fully saturated rings. The Morgan fingerprint density at radius 2 is 1.44 bits per heavy atom. The van der Waals surface area contributed by atoms with Crippen LogP contribution in [-0.4, -0.2) is 49.0 Å². The van der Waals surface area contributed by atoms with Crippen molar-refractivity contribution in [1.29, 1.82) is 0 Å². The first kappa shape index (κ1) is 21.0. The lowest BCUT2D eigenvalue weighted by Gasteiger charge is -2.23. The van der Waals surface area contributed by atoms with E-state index < -0.39 is 0 Å². The fraction of sp³-hybridized carbons (Fsp3) is 0.600. The molecule has 0 N–H and O–H groups in total. The van der Waals surface area contributed by atoms with Gasteiger partial charge in [-0.1, -0.05) is 52.0 Å². The van der Waals surface area contributed by atoms with Gasteiger partial charge in [0.2, 0.25) is 5.91 Å². The summed E-state index contributed by atoms with van der Waals surface area (Å²) in [5.74, 6) is 0.655. The minimum Gasteiger partial charge on any atom is -0.445 e. The Morgan fingerprint density at radius 1 is 0.920 bits per heavy atom. The van der Waals surface area contributed by atoms with Gasteiger partial charge >= 0.3 is 6.09 Å². The van der Waals surface area contributed by atoms with Crippen LogP contribution in [0.15, 0.2) is 24.3 Å². The average molecular weight is 348 g/mol. The van der Waals surface area contributed by atoms with E-state index in [2.05, 4.69) is 26.0 Å². The summed E-state index contributed by atoms with van der Waals surface area (Å²) >= 11 is 0. The van der Waals surface area contributed by atoms with E-state index >= 15 is 0 Å². The van der Waals surface area contributed by atoms with Gasteiger partial charge in [0.1, 0.15) is 6.61 Å². The second-order valence-electron chi connectivity index (χ2n) is 7.31. The summed E-state index contributed by atoms with van der Waals surface area (Å²) in [7, 11) is 3.43. The molecular weight excluding hydrogens is 316 g/mol. The molecule has 1 aromatic carbocycles. The lowest BCUT2D eigenvalue weighted by molar-refractivity contribution is -0.133. The summed E-state index contributed by atoms with van der Waals surface area (Å²) in [6, 6.07) is 8.17. The molecule has 25 heavy (non-hydrogen) atoms. The van der Waals surface area contributed by atoms with Crippen LogP contribution in [0.1, 0.15) is 38.8 Å². The highest BCUT2D eigenvalue weighted by Gasteiger charge is 2.15. The summed E-state index contributed by atoms with van der Waals surface area (Å²) in [6.07, 6.45) is 0.669. The van der Waals surface area contributed by atoms with Gasteiger partial charge in [-0.25, -0.2) is 4.79 Å². The largest absolute Gasteiger partial charge is 0.445 e. The van der Waals surface area contributed by atoms with Gasteiger partial charge in [0, 0.05) is 33.1 Å². The SMILES string of the molecule is CC(C)Cc1ccc(COC(=O)N(C)CCN(C)C(=O)C(C)C)cc1. The number of carbonyl (C=O) groups excluding carboxylic acids is 2. The van der Waals surface area contributed by atoms with E-state index in [1.54, 1.807) is 19.0 Å². The number of benzene rings is 1. The zero-order chi connectivity index (χ0) is 19.0. The third kappa shape index (κ3) is 7.59. The number of carbonyl (C=O) groups is 2. The zero-order valence-corrected chi connectivity index (χ0v) is 16.4. The van der Waals surface area contributed by atoms with Crippen LogP contribution < -0.4 is 0 Å². The Hall–Kier alpha value is -2.04. The second kappa shape index (κ2) is 10.1. The van der Waals surface area contributed by atoms with Crippen LogP contribution >= 0.6 is 0 Å². The number of likely N-dealkylation sites (N-methyl/N-ethyl adjacent to an activating group) is 2. The second-order valence-corrected chi connectivity index (χ2v) is 7.31. The maximum Gasteiger partial charge on any atom is 0.409 e. The number of nitrogens with zero attached hydrogens (tertiary/aromatic N) is 2. The van der Waals surface area contributed by atoms with Crippen LogP contribution in [0.25, 0.3) is 0 Å². The highest BCUT2D eigenvalue weighted by molar-refractivity contribution is 5.77. The lowest BCUT2D eigenvalue weighted by Crippen LogP contribution is -2.39. The summed E-state index contributed by atoms with van der Waals surface area (Å²) in [5.41, 5.74) is 2.27. The van der Waals surface area contributed by atoms with E-state index in [4.69, 9.17) is 4.74 Å². The molecule has 0 aliphatic heterocycles. The van der Waals surface area contributed by atoms with Crippen molar-refractivity contribution < 1.29 is 14.3 Å². The lowest BCUT2D eigenvalue weighted by atomic mass is 10.0. The van der Waals surface area contributed by atoms with Crippen LogP contribution in [0.5, 0.6) is 0 Å². The van der Waals surface area contributed by atoms with Crippen LogP contribution in [0.3, 0.4) is 0 Å². The topological polar surface area (TPSA) is 49.9 Å². The minimum absolute atomic E-state index is 0.0408. The fourth-order valence-corrected chi connectivity index (χ4v) is 2.44. The average Bonchev–Trinajstić information content (AvgIpc) is 2.57. The van der Waals surface area contributed by atoms with Crippen molar-refractivity contribution in [3.63, 3.8) is 0 Å². The van der Waals surface area contributed by atoms with Gasteiger partial charge in [-0.2, -0.15) is 0 Å². The van der Waals surface area contributed by atoms with Crippen LogP contribution in [-0.2, 0) is 22.6 Å². The maximum absolute atomic E-state index is 12.0. The molecule has 0 saturated heterocycles. The van der Waals surface area contributed by atoms with Crippen LogP contribution in [0.4, 0.5) is 4.79 Å². The molecule has 0 aliphatic rings. The Morgan fingerprint density at radius 3 is 1.96 bits per heavy atom. The number of amides is 2.